The molecule has 0 heterocycles. The average molecular weight is 625 g/mol. The number of hydrogen-bond acceptors (Lipinski definition) is 4. The van der Waals surface area contributed by atoms with Crippen LogP contribution in [0.2, 0.25) is 15.1 Å². The van der Waals surface area contributed by atoms with Gasteiger partial charge in [0, 0.05) is 24.5 Å². The van der Waals surface area contributed by atoms with Crippen molar-refractivity contribution >= 4 is 62.3 Å². The van der Waals surface area contributed by atoms with Crippen LogP contribution in [0.5, 0.6) is 0 Å². The number of carbonyl (C=O) groups excluding carboxylic acids is 2. The van der Waals surface area contributed by atoms with Gasteiger partial charge in [0.15, 0.2) is 0 Å². The van der Waals surface area contributed by atoms with Crippen LogP contribution in [0.3, 0.4) is 0 Å². The van der Waals surface area contributed by atoms with E-state index in [-0.39, 0.29) is 34.6 Å². The zero-order valence-electron chi connectivity index (χ0n) is 22.3. The maximum absolute atomic E-state index is 14.0. The minimum absolute atomic E-state index is 0.0632. The molecule has 0 aliphatic carbocycles. The summed E-state index contributed by atoms with van der Waals surface area (Å²) < 4.78 is 26.6. The summed E-state index contributed by atoms with van der Waals surface area (Å²) in [6.45, 7) is 2.00. The van der Waals surface area contributed by atoms with Gasteiger partial charge in [-0.1, -0.05) is 90.6 Å². The van der Waals surface area contributed by atoms with Gasteiger partial charge in [0.25, 0.3) is 0 Å². The first kappa shape index (κ1) is 31.7. The molecular formula is C29H32Cl3N3O4S. The summed E-state index contributed by atoms with van der Waals surface area (Å²) in [7, 11) is -3.91. The lowest BCUT2D eigenvalue weighted by Crippen LogP contribution is -2.53. The summed E-state index contributed by atoms with van der Waals surface area (Å²) in [5, 5.41) is 3.88. The van der Waals surface area contributed by atoms with Gasteiger partial charge in [0.2, 0.25) is 21.8 Å². The van der Waals surface area contributed by atoms with E-state index >= 15 is 0 Å². The van der Waals surface area contributed by atoms with Crippen molar-refractivity contribution in [3.8, 4) is 0 Å². The second-order valence-electron chi connectivity index (χ2n) is 9.37. The Morgan fingerprint density at radius 3 is 2.17 bits per heavy atom. The van der Waals surface area contributed by atoms with Crippen molar-refractivity contribution < 1.29 is 18.0 Å². The van der Waals surface area contributed by atoms with Crippen molar-refractivity contribution in [3.63, 3.8) is 0 Å². The maximum atomic E-state index is 14.0. The molecule has 1 N–H and O–H groups in total. The van der Waals surface area contributed by atoms with Gasteiger partial charge in [0.1, 0.15) is 12.6 Å². The van der Waals surface area contributed by atoms with Gasteiger partial charge in [0.05, 0.1) is 22.0 Å². The Morgan fingerprint density at radius 1 is 0.900 bits per heavy atom. The highest BCUT2D eigenvalue weighted by Gasteiger charge is 2.33. The maximum Gasteiger partial charge on any atom is 0.244 e. The number of amides is 2. The van der Waals surface area contributed by atoms with Crippen LogP contribution in [0.15, 0.2) is 72.8 Å². The van der Waals surface area contributed by atoms with Crippen LogP contribution in [-0.4, -0.2) is 50.5 Å². The largest absolute Gasteiger partial charge is 0.354 e. The van der Waals surface area contributed by atoms with Gasteiger partial charge in [-0.2, -0.15) is 0 Å². The molecule has 1 atom stereocenters. The summed E-state index contributed by atoms with van der Waals surface area (Å²) >= 11 is 18.3. The Balaban J connectivity index is 2.03. The van der Waals surface area contributed by atoms with Crippen LogP contribution in [0.4, 0.5) is 5.69 Å². The third-order valence-corrected chi connectivity index (χ3v) is 8.37. The Labute approximate surface area is 251 Å². The second kappa shape index (κ2) is 14.7. The normalized spacial score (nSPS) is 12.0. The van der Waals surface area contributed by atoms with E-state index in [0.717, 1.165) is 34.5 Å². The molecule has 0 aromatic heterocycles. The van der Waals surface area contributed by atoms with E-state index in [0.29, 0.717) is 11.6 Å². The lowest BCUT2D eigenvalue weighted by atomic mass is 10.0. The van der Waals surface area contributed by atoms with E-state index in [1.54, 1.807) is 24.3 Å². The van der Waals surface area contributed by atoms with Crippen LogP contribution < -0.4 is 9.62 Å². The summed E-state index contributed by atoms with van der Waals surface area (Å²) in [6.07, 6.45) is 2.92. The quantitative estimate of drug-likeness (QED) is 0.238. The molecule has 3 aromatic carbocycles. The van der Waals surface area contributed by atoms with Gasteiger partial charge < -0.3 is 10.2 Å². The Bertz CT molecular complexity index is 1400. The second-order valence-corrected chi connectivity index (χ2v) is 12.5. The number of hydrogen-bond donors (Lipinski definition) is 1. The number of sulfonamides is 1. The fourth-order valence-corrected chi connectivity index (χ4v) is 5.36. The molecule has 0 unspecified atom stereocenters. The number of carbonyl (C=O) groups is 2. The van der Waals surface area contributed by atoms with Crippen molar-refractivity contribution in [1.82, 2.24) is 10.2 Å². The molecule has 0 saturated carbocycles. The number of benzene rings is 3. The lowest BCUT2D eigenvalue weighted by molar-refractivity contribution is -0.140. The van der Waals surface area contributed by atoms with Crippen LogP contribution in [0.25, 0.3) is 0 Å². The lowest BCUT2D eigenvalue weighted by Gasteiger charge is -2.33. The standard InChI is InChI=1S/C29H32Cl3N3O4S/c1-3-4-16-33-29(37)27(17-21-8-6-5-7-9-21)34(19-22-10-12-23(30)13-11-22)28(36)20-35(40(2,38)39)24-14-15-25(31)26(32)18-24/h5-15,18,27H,3-4,16-17,19-20H2,1-2H3,(H,33,37)/t27-/m1/s1. The third-order valence-electron chi connectivity index (χ3n) is 6.24. The summed E-state index contributed by atoms with van der Waals surface area (Å²) in [5.74, 6) is -0.877. The molecule has 214 valence electrons. The Morgan fingerprint density at radius 2 is 1.57 bits per heavy atom. The van der Waals surface area contributed by atoms with E-state index in [4.69, 9.17) is 34.8 Å². The van der Waals surface area contributed by atoms with Gasteiger partial charge in [-0.3, -0.25) is 13.9 Å². The van der Waals surface area contributed by atoms with Crippen LogP contribution in [0.1, 0.15) is 30.9 Å². The fourth-order valence-electron chi connectivity index (χ4n) is 4.10. The zero-order valence-corrected chi connectivity index (χ0v) is 25.4. The van der Waals surface area contributed by atoms with Crippen LogP contribution >= 0.6 is 34.8 Å². The van der Waals surface area contributed by atoms with Gasteiger partial charge in [-0.05, 0) is 47.9 Å². The molecular weight excluding hydrogens is 593 g/mol. The van der Waals surface area contributed by atoms with Gasteiger partial charge in [-0.15, -0.1) is 0 Å². The monoisotopic (exact) mass is 623 g/mol. The van der Waals surface area contributed by atoms with Crippen molar-refractivity contribution in [2.45, 2.75) is 38.8 Å². The van der Waals surface area contributed by atoms with E-state index in [1.165, 1.54) is 23.1 Å². The molecule has 0 bridgehead atoms. The molecule has 0 saturated heterocycles. The number of rotatable bonds is 13. The first-order valence-corrected chi connectivity index (χ1v) is 15.8. The smallest absolute Gasteiger partial charge is 0.244 e. The van der Waals surface area contributed by atoms with Crippen molar-refractivity contribution in [2.75, 3.05) is 23.7 Å². The molecule has 11 heteroatoms. The van der Waals surface area contributed by atoms with E-state index in [2.05, 4.69) is 5.32 Å². The summed E-state index contributed by atoms with van der Waals surface area (Å²) in [6, 6.07) is 19.7. The third kappa shape index (κ3) is 9.13. The van der Waals surface area contributed by atoms with Crippen molar-refractivity contribution in [2.24, 2.45) is 0 Å². The van der Waals surface area contributed by atoms with E-state index < -0.39 is 28.5 Å². The predicted octanol–water partition coefficient (Wildman–Crippen LogP) is 5.97. The topological polar surface area (TPSA) is 86.8 Å². The minimum Gasteiger partial charge on any atom is -0.354 e. The number of nitrogens with one attached hydrogen (secondary N) is 1. The summed E-state index contributed by atoms with van der Waals surface area (Å²) in [5.41, 5.74) is 1.78. The highest BCUT2D eigenvalue weighted by atomic mass is 35.5. The highest BCUT2D eigenvalue weighted by molar-refractivity contribution is 7.92. The van der Waals surface area contributed by atoms with Crippen molar-refractivity contribution in [3.05, 3.63) is 99.0 Å². The SMILES string of the molecule is CCCCNC(=O)[C@@H](Cc1ccccc1)N(Cc1ccc(Cl)cc1)C(=O)CN(c1ccc(Cl)c(Cl)c1)S(C)(=O)=O. The van der Waals surface area contributed by atoms with Crippen molar-refractivity contribution in [1.29, 1.82) is 0 Å². The number of halogens is 3. The molecule has 40 heavy (non-hydrogen) atoms. The molecule has 0 spiro atoms. The molecule has 3 aromatic rings. The number of nitrogens with zero attached hydrogens (tertiary/aromatic N) is 2. The van der Waals surface area contributed by atoms with E-state index in [9.17, 15) is 18.0 Å². The molecule has 0 aliphatic heterocycles. The molecule has 3 rings (SSSR count). The highest BCUT2D eigenvalue weighted by Crippen LogP contribution is 2.29. The molecule has 0 fully saturated rings. The minimum atomic E-state index is -3.91. The Hall–Kier alpha value is -2.78. The van der Waals surface area contributed by atoms with Crippen LogP contribution in [0, 0.1) is 0 Å². The Kier molecular flexibility index (Phi) is 11.7. The van der Waals surface area contributed by atoms with Gasteiger partial charge >= 0.3 is 0 Å². The number of unbranched alkanes of at least 4 members (excludes halogenated alkanes) is 1. The first-order valence-electron chi connectivity index (χ1n) is 12.8. The average Bonchev–Trinajstić information content (AvgIpc) is 2.92. The predicted molar refractivity (Wildman–Crippen MR) is 163 cm³/mol. The van der Waals surface area contributed by atoms with Gasteiger partial charge in [-0.25, -0.2) is 8.42 Å². The molecule has 0 radical (unpaired) electrons. The number of anilines is 1. The summed E-state index contributed by atoms with van der Waals surface area (Å²) in [4.78, 5) is 29.0. The molecule has 2 amide bonds. The van der Waals surface area contributed by atoms with E-state index in [1.807, 2.05) is 37.3 Å². The molecule has 7 nitrogen and oxygen atoms in total. The zero-order chi connectivity index (χ0) is 29.3. The van der Waals surface area contributed by atoms with Crippen LogP contribution in [-0.2, 0) is 32.6 Å². The first-order chi connectivity index (χ1) is 19.0. The molecule has 0 aliphatic rings. The fraction of sp³-hybridized carbons (Fsp3) is 0.310.